The van der Waals surface area contributed by atoms with E-state index < -0.39 is 16.4 Å². The molecule has 6 nitrogen and oxygen atoms in total. The summed E-state index contributed by atoms with van der Waals surface area (Å²) in [4.78, 5) is 24.4. The standard InChI is InChI=1S/C20H18FN3O3/c1-2-23(18-9-5-7-14-6-3-4-8-16(14)18)20(25)13-22-15-10-11-17(21)19(12-15)24(26)27/h3-12,22H,2,13H2,1H3. The van der Waals surface area contributed by atoms with Crippen LogP contribution in [0, 0.1) is 15.9 Å². The van der Waals surface area contributed by atoms with E-state index in [1.807, 2.05) is 49.4 Å². The number of nitro groups is 1. The smallest absolute Gasteiger partial charge is 0.306 e. The highest BCUT2D eigenvalue weighted by atomic mass is 19.1. The Bertz CT molecular complexity index is 1000. The molecule has 7 heteroatoms. The number of fused-ring (bicyclic) bond motifs is 1. The Morgan fingerprint density at radius 3 is 2.63 bits per heavy atom. The Labute approximate surface area is 155 Å². The fourth-order valence-corrected chi connectivity index (χ4v) is 2.96. The van der Waals surface area contributed by atoms with Gasteiger partial charge in [0.2, 0.25) is 11.7 Å². The van der Waals surface area contributed by atoms with Crippen molar-refractivity contribution in [1.82, 2.24) is 0 Å². The van der Waals surface area contributed by atoms with Gasteiger partial charge in [0.05, 0.1) is 17.2 Å². The Morgan fingerprint density at radius 1 is 1.15 bits per heavy atom. The van der Waals surface area contributed by atoms with E-state index in [2.05, 4.69) is 5.32 Å². The first kappa shape index (κ1) is 18.3. The Balaban J connectivity index is 1.80. The van der Waals surface area contributed by atoms with Gasteiger partial charge in [-0.1, -0.05) is 36.4 Å². The molecule has 0 aromatic heterocycles. The van der Waals surface area contributed by atoms with E-state index in [1.165, 1.54) is 6.07 Å². The molecular formula is C20H18FN3O3. The maximum Gasteiger partial charge on any atom is 0.306 e. The Kier molecular flexibility index (Phi) is 5.30. The molecular weight excluding hydrogens is 349 g/mol. The molecule has 1 amide bonds. The molecule has 0 heterocycles. The number of carbonyl (C=O) groups is 1. The number of likely N-dealkylation sites (N-methyl/N-ethyl adjacent to an activating group) is 1. The fourth-order valence-electron chi connectivity index (χ4n) is 2.96. The third-order valence-corrected chi connectivity index (χ3v) is 4.26. The second kappa shape index (κ2) is 7.82. The molecule has 0 unspecified atom stereocenters. The number of amides is 1. The van der Waals surface area contributed by atoms with Crippen molar-refractivity contribution in [3.8, 4) is 0 Å². The molecule has 27 heavy (non-hydrogen) atoms. The van der Waals surface area contributed by atoms with Crippen LogP contribution in [0.4, 0.5) is 21.5 Å². The van der Waals surface area contributed by atoms with Crippen LogP contribution in [0.2, 0.25) is 0 Å². The zero-order valence-corrected chi connectivity index (χ0v) is 14.7. The predicted molar refractivity (Wildman–Crippen MR) is 104 cm³/mol. The van der Waals surface area contributed by atoms with Crippen LogP contribution in [-0.4, -0.2) is 23.9 Å². The summed E-state index contributed by atoms with van der Waals surface area (Å²) >= 11 is 0. The van der Waals surface area contributed by atoms with Crippen molar-refractivity contribution in [3.05, 3.63) is 76.6 Å². The lowest BCUT2D eigenvalue weighted by molar-refractivity contribution is -0.387. The van der Waals surface area contributed by atoms with Crippen molar-refractivity contribution in [2.75, 3.05) is 23.3 Å². The highest BCUT2D eigenvalue weighted by Gasteiger charge is 2.18. The molecule has 0 saturated heterocycles. The van der Waals surface area contributed by atoms with Crippen molar-refractivity contribution in [1.29, 1.82) is 0 Å². The maximum absolute atomic E-state index is 13.4. The van der Waals surface area contributed by atoms with Crippen molar-refractivity contribution < 1.29 is 14.1 Å². The summed E-state index contributed by atoms with van der Waals surface area (Å²) in [5.41, 5.74) is 0.478. The van der Waals surface area contributed by atoms with E-state index in [-0.39, 0.29) is 12.5 Å². The normalized spacial score (nSPS) is 10.6. The van der Waals surface area contributed by atoms with E-state index in [0.29, 0.717) is 12.2 Å². The molecule has 0 aliphatic carbocycles. The number of hydrogen-bond donors (Lipinski definition) is 1. The minimum Gasteiger partial charge on any atom is -0.376 e. The number of nitro benzene ring substituents is 1. The maximum atomic E-state index is 13.4. The summed E-state index contributed by atoms with van der Waals surface area (Å²) < 4.78 is 13.4. The first-order valence-corrected chi connectivity index (χ1v) is 8.47. The third-order valence-electron chi connectivity index (χ3n) is 4.26. The Morgan fingerprint density at radius 2 is 1.89 bits per heavy atom. The molecule has 0 bridgehead atoms. The van der Waals surface area contributed by atoms with Gasteiger partial charge in [-0.25, -0.2) is 0 Å². The van der Waals surface area contributed by atoms with Gasteiger partial charge in [-0.3, -0.25) is 14.9 Å². The fraction of sp³-hybridized carbons (Fsp3) is 0.150. The van der Waals surface area contributed by atoms with Gasteiger partial charge < -0.3 is 10.2 Å². The number of hydrogen-bond acceptors (Lipinski definition) is 4. The average molecular weight is 367 g/mol. The second-order valence-corrected chi connectivity index (χ2v) is 5.91. The summed E-state index contributed by atoms with van der Waals surface area (Å²) in [5.74, 6) is -1.11. The molecule has 138 valence electrons. The molecule has 3 aromatic carbocycles. The third kappa shape index (κ3) is 3.87. The van der Waals surface area contributed by atoms with Gasteiger partial charge in [-0.2, -0.15) is 4.39 Å². The van der Waals surface area contributed by atoms with Crippen molar-refractivity contribution >= 4 is 33.7 Å². The van der Waals surface area contributed by atoms with Crippen LogP contribution in [0.5, 0.6) is 0 Å². The van der Waals surface area contributed by atoms with Gasteiger partial charge in [0.1, 0.15) is 0 Å². The molecule has 0 saturated carbocycles. The Hall–Kier alpha value is -3.48. The predicted octanol–water partition coefficient (Wildman–Crippen LogP) is 4.35. The van der Waals surface area contributed by atoms with Crippen molar-refractivity contribution in [3.63, 3.8) is 0 Å². The lowest BCUT2D eigenvalue weighted by Crippen LogP contribution is -2.35. The number of nitrogens with zero attached hydrogens (tertiary/aromatic N) is 2. The van der Waals surface area contributed by atoms with Gasteiger partial charge in [0, 0.05) is 23.7 Å². The first-order valence-electron chi connectivity index (χ1n) is 8.47. The molecule has 3 rings (SSSR count). The average Bonchev–Trinajstić information content (AvgIpc) is 2.68. The summed E-state index contributed by atoms with van der Waals surface area (Å²) in [6.07, 6.45) is 0. The van der Waals surface area contributed by atoms with Gasteiger partial charge in [-0.15, -0.1) is 0 Å². The van der Waals surface area contributed by atoms with Crippen LogP contribution in [-0.2, 0) is 4.79 Å². The van der Waals surface area contributed by atoms with E-state index in [0.717, 1.165) is 28.6 Å². The molecule has 1 N–H and O–H groups in total. The van der Waals surface area contributed by atoms with Crippen LogP contribution in [0.1, 0.15) is 6.92 Å². The monoisotopic (exact) mass is 367 g/mol. The SMILES string of the molecule is CCN(C(=O)CNc1ccc(F)c([N+](=O)[O-])c1)c1cccc2ccccc12. The number of nitrogens with one attached hydrogen (secondary N) is 1. The summed E-state index contributed by atoms with van der Waals surface area (Å²) in [6.45, 7) is 2.28. The van der Waals surface area contributed by atoms with Crippen LogP contribution in [0.3, 0.4) is 0 Å². The van der Waals surface area contributed by atoms with Crippen LogP contribution < -0.4 is 10.2 Å². The van der Waals surface area contributed by atoms with Crippen molar-refractivity contribution in [2.45, 2.75) is 6.92 Å². The summed E-state index contributed by atoms with van der Waals surface area (Å²) in [6, 6.07) is 17.0. The van der Waals surface area contributed by atoms with Gasteiger partial charge >= 0.3 is 5.69 Å². The number of carbonyl (C=O) groups excluding carboxylic acids is 1. The van der Waals surface area contributed by atoms with Gasteiger partial charge in [0.25, 0.3) is 0 Å². The van der Waals surface area contributed by atoms with E-state index in [9.17, 15) is 19.3 Å². The highest BCUT2D eigenvalue weighted by molar-refractivity contribution is 6.04. The quantitative estimate of drug-likeness (QED) is 0.519. The van der Waals surface area contributed by atoms with E-state index in [1.54, 1.807) is 4.90 Å². The summed E-state index contributed by atoms with van der Waals surface area (Å²) in [7, 11) is 0. The molecule has 3 aromatic rings. The van der Waals surface area contributed by atoms with Crippen LogP contribution in [0.25, 0.3) is 10.8 Å². The zero-order chi connectivity index (χ0) is 19.4. The van der Waals surface area contributed by atoms with Crippen molar-refractivity contribution in [2.24, 2.45) is 0 Å². The minimum atomic E-state index is -0.914. The number of anilines is 2. The molecule has 0 aliphatic rings. The number of benzene rings is 3. The summed E-state index contributed by atoms with van der Waals surface area (Å²) in [5, 5.41) is 15.7. The van der Waals surface area contributed by atoms with Crippen LogP contribution in [0.15, 0.2) is 60.7 Å². The van der Waals surface area contributed by atoms with Gasteiger partial charge in [0.15, 0.2) is 0 Å². The largest absolute Gasteiger partial charge is 0.376 e. The second-order valence-electron chi connectivity index (χ2n) is 5.91. The molecule has 0 spiro atoms. The number of rotatable bonds is 6. The minimum absolute atomic E-state index is 0.0696. The lowest BCUT2D eigenvalue weighted by atomic mass is 10.1. The number of halogens is 1. The lowest BCUT2D eigenvalue weighted by Gasteiger charge is -2.23. The zero-order valence-electron chi connectivity index (χ0n) is 14.7. The molecule has 0 fully saturated rings. The highest BCUT2D eigenvalue weighted by Crippen LogP contribution is 2.27. The van der Waals surface area contributed by atoms with Gasteiger partial charge in [-0.05, 0) is 30.5 Å². The topological polar surface area (TPSA) is 75.5 Å². The van der Waals surface area contributed by atoms with E-state index >= 15 is 0 Å². The van der Waals surface area contributed by atoms with Crippen LogP contribution >= 0.6 is 0 Å². The molecule has 0 radical (unpaired) electrons. The molecule has 0 aliphatic heterocycles. The molecule has 0 atom stereocenters. The first-order chi connectivity index (χ1) is 13.0. The van der Waals surface area contributed by atoms with E-state index in [4.69, 9.17) is 0 Å².